The zero-order valence-electron chi connectivity index (χ0n) is 15.0. The molecule has 3 aromatic heterocycles. The number of fused-ring (bicyclic) bond motifs is 1. The van der Waals surface area contributed by atoms with Crippen LogP contribution in [0.4, 0.5) is 13.2 Å². The van der Waals surface area contributed by atoms with Gasteiger partial charge in [0.1, 0.15) is 5.75 Å². The molecule has 0 aliphatic heterocycles. The molecule has 9 heteroatoms. The van der Waals surface area contributed by atoms with Crippen molar-refractivity contribution in [3.63, 3.8) is 0 Å². The molecule has 1 aromatic carbocycles. The molecule has 6 nitrogen and oxygen atoms in total. The fourth-order valence-electron chi connectivity index (χ4n) is 2.80. The minimum absolute atomic E-state index is 0.311. The Morgan fingerprint density at radius 1 is 1.00 bits per heavy atom. The van der Waals surface area contributed by atoms with Crippen molar-refractivity contribution < 1.29 is 22.6 Å². The van der Waals surface area contributed by atoms with Crippen molar-refractivity contribution >= 4 is 5.65 Å². The number of benzene rings is 1. The summed E-state index contributed by atoms with van der Waals surface area (Å²) in [6, 6.07) is 12.9. The third kappa shape index (κ3) is 4.63. The van der Waals surface area contributed by atoms with E-state index in [0.717, 1.165) is 5.56 Å². The van der Waals surface area contributed by atoms with E-state index in [2.05, 4.69) is 19.8 Å². The molecule has 0 bridgehead atoms. The molecule has 148 valence electrons. The first kappa shape index (κ1) is 18.7. The Morgan fingerprint density at radius 3 is 2.69 bits per heavy atom. The fraction of sp³-hybridized carbons (Fsp3) is 0.150. The lowest BCUT2D eigenvalue weighted by molar-refractivity contribution is -0.274. The van der Waals surface area contributed by atoms with Gasteiger partial charge in [0.05, 0.1) is 18.5 Å². The summed E-state index contributed by atoms with van der Waals surface area (Å²) < 4.78 is 48.7. The van der Waals surface area contributed by atoms with Crippen LogP contribution in [0.2, 0.25) is 0 Å². The molecule has 0 aliphatic rings. The maximum atomic E-state index is 12.5. The van der Waals surface area contributed by atoms with Crippen LogP contribution in [0.25, 0.3) is 16.9 Å². The molecule has 3 heterocycles. The number of alkyl halides is 3. The second-order valence-electron chi connectivity index (χ2n) is 6.12. The van der Waals surface area contributed by atoms with Crippen LogP contribution in [0, 0.1) is 0 Å². The van der Waals surface area contributed by atoms with Gasteiger partial charge in [0, 0.05) is 30.4 Å². The minimum Gasteiger partial charge on any atom is -0.476 e. The Hall–Kier alpha value is -3.62. The van der Waals surface area contributed by atoms with E-state index in [4.69, 9.17) is 4.74 Å². The average Bonchev–Trinajstić information content (AvgIpc) is 3.11. The fourth-order valence-corrected chi connectivity index (χ4v) is 2.80. The average molecular weight is 400 g/mol. The molecule has 0 fully saturated rings. The van der Waals surface area contributed by atoms with Gasteiger partial charge in [-0.3, -0.25) is 4.98 Å². The standard InChI is InChI=1S/C20H15F3N4O2/c21-20(22,23)29-16-5-1-4-15(11-16)17-13-25-18-6-7-19(26-27(17)18)28-10-8-14-3-2-9-24-12-14/h1-7,9,11-13H,8,10H2. The van der Waals surface area contributed by atoms with Gasteiger partial charge in [-0.25, -0.2) is 9.50 Å². The van der Waals surface area contributed by atoms with Crippen LogP contribution in [0.3, 0.4) is 0 Å². The molecule has 4 aromatic rings. The summed E-state index contributed by atoms with van der Waals surface area (Å²) in [5, 5.41) is 4.40. The number of halogens is 3. The zero-order chi connectivity index (χ0) is 20.3. The van der Waals surface area contributed by atoms with E-state index in [9.17, 15) is 13.2 Å². The van der Waals surface area contributed by atoms with E-state index in [0.29, 0.717) is 35.8 Å². The Bertz CT molecular complexity index is 1110. The van der Waals surface area contributed by atoms with Crippen LogP contribution in [0.5, 0.6) is 11.6 Å². The van der Waals surface area contributed by atoms with E-state index in [1.54, 1.807) is 30.6 Å². The molecule has 0 saturated heterocycles. The van der Waals surface area contributed by atoms with Crippen molar-refractivity contribution in [1.82, 2.24) is 19.6 Å². The predicted octanol–water partition coefficient (Wildman–Crippen LogP) is 4.31. The summed E-state index contributed by atoms with van der Waals surface area (Å²) >= 11 is 0. The topological polar surface area (TPSA) is 61.5 Å². The number of pyridine rings is 1. The molecule has 0 N–H and O–H groups in total. The summed E-state index contributed by atoms with van der Waals surface area (Å²) in [5.74, 6) is 0.0668. The number of aromatic nitrogens is 4. The Labute approximate surface area is 163 Å². The molecular weight excluding hydrogens is 385 g/mol. The Kier molecular flexibility index (Phi) is 5.03. The minimum atomic E-state index is -4.76. The normalized spacial score (nSPS) is 11.6. The van der Waals surface area contributed by atoms with Gasteiger partial charge >= 0.3 is 6.36 Å². The lowest BCUT2D eigenvalue weighted by Gasteiger charge is -2.10. The number of hydrogen-bond acceptors (Lipinski definition) is 5. The second-order valence-corrected chi connectivity index (χ2v) is 6.12. The highest BCUT2D eigenvalue weighted by Crippen LogP contribution is 2.28. The van der Waals surface area contributed by atoms with Crippen molar-refractivity contribution in [3.05, 3.63) is 72.7 Å². The van der Waals surface area contributed by atoms with Crippen LogP contribution < -0.4 is 9.47 Å². The first-order chi connectivity index (χ1) is 14.0. The highest BCUT2D eigenvalue weighted by molar-refractivity contribution is 5.64. The lowest BCUT2D eigenvalue weighted by Crippen LogP contribution is -2.17. The molecule has 0 atom stereocenters. The van der Waals surface area contributed by atoms with Gasteiger partial charge in [0.25, 0.3) is 0 Å². The number of ether oxygens (including phenoxy) is 2. The van der Waals surface area contributed by atoms with Gasteiger partial charge in [0.15, 0.2) is 5.65 Å². The number of rotatable bonds is 6. The van der Waals surface area contributed by atoms with Crippen LogP contribution in [0.1, 0.15) is 5.56 Å². The van der Waals surface area contributed by atoms with Crippen molar-refractivity contribution in [2.24, 2.45) is 0 Å². The Morgan fingerprint density at radius 2 is 1.90 bits per heavy atom. The summed E-state index contributed by atoms with van der Waals surface area (Å²) in [6.45, 7) is 0.406. The van der Waals surface area contributed by atoms with Crippen molar-refractivity contribution in [2.45, 2.75) is 12.8 Å². The maximum Gasteiger partial charge on any atom is 0.573 e. The first-order valence-electron chi connectivity index (χ1n) is 8.71. The van der Waals surface area contributed by atoms with Gasteiger partial charge in [0.2, 0.25) is 5.88 Å². The van der Waals surface area contributed by atoms with Gasteiger partial charge in [-0.15, -0.1) is 18.3 Å². The van der Waals surface area contributed by atoms with Gasteiger partial charge < -0.3 is 9.47 Å². The van der Waals surface area contributed by atoms with Crippen molar-refractivity contribution in [3.8, 4) is 22.9 Å². The van der Waals surface area contributed by atoms with Gasteiger partial charge in [-0.2, -0.15) is 0 Å². The van der Waals surface area contributed by atoms with Gasteiger partial charge in [-0.05, 0) is 29.8 Å². The Balaban J connectivity index is 1.55. The molecule has 0 saturated carbocycles. The molecule has 0 unspecified atom stereocenters. The monoisotopic (exact) mass is 400 g/mol. The van der Waals surface area contributed by atoms with Gasteiger partial charge in [-0.1, -0.05) is 18.2 Å². The number of imidazole rings is 1. The van der Waals surface area contributed by atoms with Crippen LogP contribution >= 0.6 is 0 Å². The maximum absolute atomic E-state index is 12.5. The molecule has 0 amide bonds. The van der Waals surface area contributed by atoms with Crippen LogP contribution in [-0.2, 0) is 6.42 Å². The van der Waals surface area contributed by atoms with E-state index in [1.807, 2.05) is 12.1 Å². The quantitative estimate of drug-likeness (QED) is 0.483. The van der Waals surface area contributed by atoms with Crippen molar-refractivity contribution in [1.29, 1.82) is 0 Å². The smallest absolute Gasteiger partial charge is 0.476 e. The highest BCUT2D eigenvalue weighted by atomic mass is 19.4. The van der Waals surface area contributed by atoms with Crippen molar-refractivity contribution in [2.75, 3.05) is 6.61 Å². The van der Waals surface area contributed by atoms with E-state index < -0.39 is 6.36 Å². The third-order valence-corrected chi connectivity index (χ3v) is 4.06. The van der Waals surface area contributed by atoms with Crippen LogP contribution in [-0.4, -0.2) is 32.6 Å². The van der Waals surface area contributed by atoms with Crippen LogP contribution in [0.15, 0.2) is 67.1 Å². The number of hydrogen-bond donors (Lipinski definition) is 0. The molecule has 0 spiro atoms. The second kappa shape index (κ2) is 7.78. The van der Waals surface area contributed by atoms with E-state index in [-0.39, 0.29) is 5.75 Å². The molecule has 0 radical (unpaired) electrons. The predicted molar refractivity (Wildman–Crippen MR) is 98.5 cm³/mol. The third-order valence-electron chi connectivity index (χ3n) is 4.06. The molecule has 0 aliphatic carbocycles. The SMILES string of the molecule is FC(F)(F)Oc1cccc(-c2cnc3ccc(OCCc4cccnc4)nn23)c1. The summed E-state index contributed by atoms with van der Waals surface area (Å²) in [4.78, 5) is 8.30. The summed E-state index contributed by atoms with van der Waals surface area (Å²) in [7, 11) is 0. The highest BCUT2D eigenvalue weighted by Gasteiger charge is 2.31. The molecular formula is C20H15F3N4O2. The van der Waals surface area contributed by atoms with E-state index in [1.165, 1.54) is 28.9 Å². The summed E-state index contributed by atoms with van der Waals surface area (Å²) in [5.41, 5.74) is 2.59. The molecule has 29 heavy (non-hydrogen) atoms. The van der Waals surface area contributed by atoms with E-state index >= 15 is 0 Å². The zero-order valence-corrected chi connectivity index (χ0v) is 15.0. The largest absolute Gasteiger partial charge is 0.573 e. The number of nitrogens with zero attached hydrogens (tertiary/aromatic N) is 4. The lowest BCUT2D eigenvalue weighted by atomic mass is 10.1. The molecule has 4 rings (SSSR count). The summed E-state index contributed by atoms with van der Waals surface area (Å²) in [6.07, 6.45) is 0.917. The first-order valence-corrected chi connectivity index (χ1v) is 8.71.